The topological polar surface area (TPSA) is 30.9 Å². The van der Waals surface area contributed by atoms with Crippen LogP contribution in [0.5, 0.6) is 5.75 Å². The van der Waals surface area contributed by atoms with E-state index < -0.39 is 0 Å². The number of hydrogen-bond donors (Lipinski definition) is 0. The summed E-state index contributed by atoms with van der Waals surface area (Å²) in [6.07, 6.45) is 3.82. The van der Waals surface area contributed by atoms with Crippen molar-refractivity contribution in [2.24, 2.45) is 11.3 Å². The molecular formula is C25H41NO3. The second-order valence-corrected chi connectivity index (χ2v) is 10.5. The highest BCUT2D eigenvalue weighted by Gasteiger charge is 2.35. The third-order valence-corrected chi connectivity index (χ3v) is 6.66. The molecule has 0 bridgehead atoms. The number of nitrogens with zero attached hydrogens (tertiary/aromatic N) is 1. The molecule has 1 aromatic rings. The molecular weight excluding hydrogens is 362 g/mol. The van der Waals surface area contributed by atoms with Crippen molar-refractivity contribution in [3.05, 3.63) is 29.8 Å². The lowest BCUT2D eigenvalue weighted by Gasteiger charge is -2.41. The molecule has 29 heavy (non-hydrogen) atoms. The van der Waals surface area contributed by atoms with E-state index in [1.165, 1.54) is 18.4 Å². The third kappa shape index (κ3) is 6.44. The summed E-state index contributed by atoms with van der Waals surface area (Å²) in [5.41, 5.74) is 1.67. The van der Waals surface area contributed by atoms with E-state index in [1.54, 1.807) is 0 Å². The van der Waals surface area contributed by atoms with Gasteiger partial charge in [0, 0.05) is 32.8 Å². The van der Waals surface area contributed by atoms with Gasteiger partial charge in [0.25, 0.3) is 0 Å². The van der Waals surface area contributed by atoms with Gasteiger partial charge in [0.1, 0.15) is 12.4 Å². The molecule has 1 aromatic carbocycles. The van der Waals surface area contributed by atoms with Crippen LogP contribution in [-0.4, -0.2) is 57.1 Å². The van der Waals surface area contributed by atoms with Crippen LogP contribution in [0.3, 0.4) is 0 Å². The summed E-state index contributed by atoms with van der Waals surface area (Å²) in [6, 6.07) is 8.44. The maximum atomic E-state index is 6.20. The predicted molar refractivity (Wildman–Crippen MR) is 119 cm³/mol. The van der Waals surface area contributed by atoms with Crippen molar-refractivity contribution in [3.63, 3.8) is 0 Å². The number of para-hydroxylation sites is 1. The molecule has 2 aliphatic heterocycles. The highest BCUT2D eigenvalue weighted by molar-refractivity contribution is 5.38. The van der Waals surface area contributed by atoms with Gasteiger partial charge in [0.15, 0.2) is 0 Å². The highest BCUT2D eigenvalue weighted by atomic mass is 16.5. The standard InChI is InChI=1S/C25H41NO3/c1-24(2,3)22-8-6-7-9-23(22)29-17-13-26-12-16-28-21(19-26)18-25(4,5)20-10-14-27-15-11-20/h6-9,20-21H,10-19H2,1-5H3. The number of hydrogen-bond acceptors (Lipinski definition) is 4. The second kappa shape index (κ2) is 9.80. The molecule has 1 unspecified atom stereocenters. The van der Waals surface area contributed by atoms with Crippen molar-refractivity contribution in [3.8, 4) is 5.75 Å². The van der Waals surface area contributed by atoms with Gasteiger partial charge < -0.3 is 14.2 Å². The van der Waals surface area contributed by atoms with Gasteiger partial charge >= 0.3 is 0 Å². The van der Waals surface area contributed by atoms with E-state index in [0.717, 1.165) is 64.2 Å². The summed E-state index contributed by atoms with van der Waals surface area (Å²) < 4.78 is 17.9. The molecule has 0 spiro atoms. The van der Waals surface area contributed by atoms with E-state index in [0.29, 0.717) is 11.5 Å². The molecule has 2 heterocycles. The quantitative estimate of drug-likeness (QED) is 0.647. The summed E-state index contributed by atoms with van der Waals surface area (Å²) in [7, 11) is 0. The van der Waals surface area contributed by atoms with Crippen molar-refractivity contribution in [2.45, 2.75) is 65.4 Å². The normalized spacial score (nSPS) is 22.6. The van der Waals surface area contributed by atoms with E-state index in [4.69, 9.17) is 14.2 Å². The number of ether oxygens (including phenoxy) is 3. The zero-order valence-corrected chi connectivity index (χ0v) is 19.2. The molecule has 0 saturated carbocycles. The van der Waals surface area contributed by atoms with Crippen molar-refractivity contribution in [2.75, 3.05) is 46.1 Å². The van der Waals surface area contributed by atoms with Gasteiger partial charge in [-0.1, -0.05) is 52.8 Å². The van der Waals surface area contributed by atoms with Crippen LogP contribution in [0.2, 0.25) is 0 Å². The fourth-order valence-electron chi connectivity index (χ4n) is 4.84. The average molecular weight is 404 g/mol. The van der Waals surface area contributed by atoms with E-state index >= 15 is 0 Å². The fourth-order valence-corrected chi connectivity index (χ4v) is 4.84. The molecule has 4 heteroatoms. The van der Waals surface area contributed by atoms with Crippen LogP contribution in [0.1, 0.15) is 59.4 Å². The van der Waals surface area contributed by atoms with Crippen molar-refractivity contribution < 1.29 is 14.2 Å². The number of rotatable bonds is 7. The Hall–Kier alpha value is -1.10. The first kappa shape index (κ1) is 22.6. The summed E-state index contributed by atoms with van der Waals surface area (Å²) in [4.78, 5) is 2.51. The van der Waals surface area contributed by atoms with Crippen LogP contribution in [0.15, 0.2) is 24.3 Å². The Morgan fingerprint density at radius 1 is 1.03 bits per heavy atom. The first-order valence-corrected chi connectivity index (χ1v) is 11.4. The maximum absolute atomic E-state index is 6.20. The van der Waals surface area contributed by atoms with Crippen LogP contribution in [0.4, 0.5) is 0 Å². The average Bonchev–Trinajstić information content (AvgIpc) is 2.68. The molecule has 3 rings (SSSR count). The van der Waals surface area contributed by atoms with E-state index in [-0.39, 0.29) is 5.41 Å². The maximum Gasteiger partial charge on any atom is 0.123 e. The first-order valence-electron chi connectivity index (χ1n) is 11.4. The molecule has 0 N–H and O–H groups in total. The smallest absolute Gasteiger partial charge is 0.123 e. The second-order valence-electron chi connectivity index (χ2n) is 10.5. The molecule has 2 aliphatic rings. The molecule has 164 valence electrons. The predicted octanol–water partition coefficient (Wildman–Crippen LogP) is 4.91. The Kier molecular flexibility index (Phi) is 7.63. The van der Waals surface area contributed by atoms with Gasteiger partial charge in [-0.15, -0.1) is 0 Å². The molecule has 0 amide bonds. The van der Waals surface area contributed by atoms with Crippen molar-refractivity contribution in [1.29, 1.82) is 0 Å². The van der Waals surface area contributed by atoms with Gasteiger partial charge in [0.2, 0.25) is 0 Å². The van der Waals surface area contributed by atoms with Gasteiger partial charge in [-0.05, 0) is 47.6 Å². The molecule has 2 fully saturated rings. The Labute approximate surface area is 177 Å². The lowest BCUT2D eigenvalue weighted by atomic mass is 9.71. The monoisotopic (exact) mass is 403 g/mol. The van der Waals surface area contributed by atoms with Crippen LogP contribution < -0.4 is 4.74 Å². The molecule has 0 radical (unpaired) electrons. The minimum absolute atomic E-state index is 0.0936. The van der Waals surface area contributed by atoms with E-state index in [2.05, 4.69) is 63.8 Å². The SMILES string of the molecule is CC(C)(C)c1ccccc1OCCN1CCOC(CC(C)(C)C2CCOCC2)C1. The largest absolute Gasteiger partial charge is 0.492 e. The summed E-state index contributed by atoms with van der Waals surface area (Å²) in [5.74, 6) is 1.76. The molecule has 2 saturated heterocycles. The van der Waals surface area contributed by atoms with E-state index in [1.807, 2.05) is 0 Å². The van der Waals surface area contributed by atoms with Crippen LogP contribution >= 0.6 is 0 Å². The van der Waals surface area contributed by atoms with Gasteiger partial charge in [-0.25, -0.2) is 0 Å². The Balaban J connectivity index is 1.48. The van der Waals surface area contributed by atoms with E-state index in [9.17, 15) is 0 Å². The van der Waals surface area contributed by atoms with Crippen LogP contribution in [0.25, 0.3) is 0 Å². The molecule has 4 nitrogen and oxygen atoms in total. The van der Waals surface area contributed by atoms with Crippen molar-refractivity contribution >= 4 is 0 Å². The molecule has 0 aromatic heterocycles. The Morgan fingerprint density at radius 3 is 2.48 bits per heavy atom. The summed E-state index contributed by atoms with van der Waals surface area (Å²) in [5, 5.41) is 0. The fraction of sp³-hybridized carbons (Fsp3) is 0.760. The first-order chi connectivity index (χ1) is 13.8. The van der Waals surface area contributed by atoms with Gasteiger partial charge in [-0.3, -0.25) is 4.90 Å². The van der Waals surface area contributed by atoms with Crippen LogP contribution in [0, 0.1) is 11.3 Å². The summed E-state index contributed by atoms with van der Waals surface area (Å²) in [6.45, 7) is 17.9. The zero-order valence-electron chi connectivity index (χ0n) is 19.2. The minimum atomic E-state index is 0.0936. The number of benzene rings is 1. The summed E-state index contributed by atoms with van der Waals surface area (Å²) >= 11 is 0. The Morgan fingerprint density at radius 2 is 1.76 bits per heavy atom. The van der Waals surface area contributed by atoms with Crippen molar-refractivity contribution in [1.82, 2.24) is 4.90 Å². The lowest BCUT2D eigenvalue weighted by Crippen LogP contribution is -2.46. The molecule has 0 aliphatic carbocycles. The molecule has 1 atom stereocenters. The van der Waals surface area contributed by atoms with Crippen LogP contribution in [-0.2, 0) is 14.9 Å². The van der Waals surface area contributed by atoms with Gasteiger partial charge in [-0.2, -0.15) is 0 Å². The van der Waals surface area contributed by atoms with Gasteiger partial charge in [0.05, 0.1) is 12.7 Å². The minimum Gasteiger partial charge on any atom is -0.492 e. The third-order valence-electron chi connectivity index (χ3n) is 6.66. The lowest BCUT2D eigenvalue weighted by molar-refractivity contribution is -0.0660. The zero-order chi connectivity index (χ0) is 20.9. The highest BCUT2D eigenvalue weighted by Crippen LogP contribution is 2.39. The number of morpholine rings is 1. The Bertz CT molecular complexity index is 631.